The summed E-state index contributed by atoms with van der Waals surface area (Å²) in [5, 5.41) is 6.41. The molecule has 0 aromatic rings. The quantitative estimate of drug-likeness (QED) is 0.775. The summed E-state index contributed by atoms with van der Waals surface area (Å²) in [7, 11) is 0. The average Bonchev–Trinajstić information content (AvgIpc) is 2.36. The Morgan fingerprint density at radius 2 is 1.95 bits per heavy atom. The molecule has 0 aromatic carbocycles. The summed E-state index contributed by atoms with van der Waals surface area (Å²) in [5.41, 5.74) is 0. The zero-order valence-corrected chi connectivity index (χ0v) is 13.0. The van der Waals surface area contributed by atoms with E-state index >= 15 is 0 Å². The molecule has 1 fully saturated rings. The lowest BCUT2D eigenvalue weighted by Crippen LogP contribution is -2.50. The number of carbonyl (C=O) groups excluding carboxylic acids is 1. The highest BCUT2D eigenvalue weighted by Crippen LogP contribution is 2.20. The molecule has 1 aliphatic rings. The van der Waals surface area contributed by atoms with Crippen LogP contribution in [-0.2, 0) is 9.53 Å². The Morgan fingerprint density at radius 3 is 2.53 bits per heavy atom. The van der Waals surface area contributed by atoms with Crippen molar-refractivity contribution in [2.45, 2.75) is 65.6 Å². The van der Waals surface area contributed by atoms with Gasteiger partial charge in [0.2, 0.25) is 5.91 Å². The zero-order valence-electron chi connectivity index (χ0n) is 13.0. The number of nitrogens with one attached hydrogen (secondary N) is 2. The maximum atomic E-state index is 11.9. The maximum Gasteiger partial charge on any atom is 0.236 e. The van der Waals surface area contributed by atoms with E-state index in [1.54, 1.807) is 0 Å². The van der Waals surface area contributed by atoms with Gasteiger partial charge in [0.05, 0.1) is 12.1 Å². The molecule has 0 saturated carbocycles. The first-order valence-corrected chi connectivity index (χ1v) is 7.55. The molecule has 0 spiro atoms. The molecule has 1 heterocycles. The fourth-order valence-electron chi connectivity index (χ4n) is 2.33. The molecule has 1 rings (SSSR count). The fourth-order valence-corrected chi connectivity index (χ4v) is 2.33. The molecule has 0 radical (unpaired) electrons. The highest BCUT2D eigenvalue weighted by atomic mass is 16.5. The van der Waals surface area contributed by atoms with Crippen LogP contribution in [0, 0.1) is 11.8 Å². The van der Waals surface area contributed by atoms with Crippen molar-refractivity contribution in [1.82, 2.24) is 10.6 Å². The van der Waals surface area contributed by atoms with E-state index in [9.17, 15) is 4.79 Å². The fraction of sp³-hybridized carbons (Fsp3) is 0.933. The van der Waals surface area contributed by atoms with Crippen LogP contribution in [0.3, 0.4) is 0 Å². The summed E-state index contributed by atoms with van der Waals surface area (Å²) in [6, 6.07) is 0.260. The van der Waals surface area contributed by atoms with Crippen molar-refractivity contribution < 1.29 is 9.53 Å². The lowest BCUT2D eigenvalue weighted by molar-refractivity contribution is -0.123. The SMILES string of the molecule is CC(C)CNC(=O)C(C)NC1CCOC(C(C)C)C1. The summed E-state index contributed by atoms with van der Waals surface area (Å²) in [4.78, 5) is 11.9. The van der Waals surface area contributed by atoms with Crippen molar-refractivity contribution in [3.05, 3.63) is 0 Å². The van der Waals surface area contributed by atoms with Gasteiger partial charge in [-0.1, -0.05) is 27.7 Å². The largest absolute Gasteiger partial charge is 0.378 e. The Hall–Kier alpha value is -0.610. The van der Waals surface area contributed by atoms with E-state index in [2.05, 4.69) is 38.3 Å². The van der Waals surface area contributed by atoms with Gasteiger partial charge < -0.3 is 15.4 Å². The molecule has 112 valence electrons. The van der Waals surface area contributed by atoms with Crippen LogP contribution in [0.1, 0.15) is 47.5 Å². The summed E-state index contributed by atoms with van der Waals surface area (Å²) < 4.78 is 5.75. The van der Waals surface area contributed by atoms with E-state index in [0.717, 1.165) is 26.0 Å². The minimum absolute atomic E-state index is 0.0984. The van der Waals surface area contributed by atoms with Crippen LogP contribution in [0.25, 0.3) is 0 Å². The van der Waals surface area contributed by atoms with Crippen LogP contribution in [0.2, 0.25) is 0 Å². The van der Waals surface area contributed by atoms with E-state index in [1.807, 2.05) is 6.92 Å². The number of carbonyl (C=O) groups is 1. The third kappa shape index (κ3) is 5.91. The molecule has 0 bridgehead atoms. The number of hydrogen-bond donors (Lipinski definition) is 2. The predicted molar refractivity (Wildman–Crippen MR) is 78.0 cm³/mol. The third-order valence-electron chi connectivity index (χ3n) is 3.62. The second-order valence-corrected chi connectivity index (χ2v) is 6.40. The van der Waals surface area contributed by atoms with Gasteiger partial charge in [-0.25, -0.2) is 0 Å². The van der Waals surface area contributed by atoms with Gasteiger partial charge in [-0.3, -0.25) is 4.79 Å². The Morgan fingerprint density at radius 1 is 1.26 bits per heavy atom. The summed E-state index contributed by atoms with van der Waals surface area (Å²) in [6.45, 7) is 12.1. The van der Waals surface area contributed by atoms with Crippen molar-refractivity contribution in [3.63, 3.8) is 0 Å². The van der Waals surface area contributed by atoms with Crippen molar-refractivity contribution in [1.29, 1.82) is 0 Å². The first-order chi connectivity index (χ1) is 8.90. The average molecular weight is 270 g/mol. The Kier molecular flexibility index (Phi) is 6.80. The van der Waals surface area contributed by atoms with Gasteiger partial charge in [-0.15, -0.1) is 0 Å². The predicted octanol–water partition coefficient (Wildman–Crippen LogP) is 1.94. The van der Waals surface area contributed by atoms with E-state index in [-0.39, 0.29) is 11.9 Å². The highest BCUT2D eigenvalue weighted by molar-refractivity contribution is 5.81. The van der Waals surface area contributed by atoms with Gasteiger partial charge >= 0.3 is 0 Å². The van der Waals surface area contributed by atoms with Crippen molar-refractivity contribution in [2.75, 3.05) is 13.2 Å². The molecule has 4 heteroatoms. The van der Waals surface area contributed by atoms with Crippen LogP contribution in [0.15, 0.2) is 0 Å². The van der Waals surface area contributed by atoms with E-state index in [4.69, 9.17) is 4.74 Å². The second kappa shape index (κ2) is 7.85. The summed E-state index contributed by atoms with van der Waals surface area (Å²) in [5.74, 6) is 1.13. The lowest BCUT2D eigenvalue weighted by Gasteiger charge is -2.33. The molecule has 1 aliphatic heterocycles. The Bertz CT molecular complexity index is 279. The topological polar surface area (TPSA) is 50.4 Å². The molecular weight excluding hydrogens is 240 g/mol. The van der Waals surface area contributed by atoms with Crippen molar-refractivity contribution in [3.8, 4) is 0 Å². The van der Waals surface area contributed by atoms with E-state index in [0.29, 0.717) is 24.0 Å². The first-order valence-electron chi connectivity index (χ1n) is 7.55. The van der Waals surface area contributed by atoms with Gasteiger partial charge in [0, 0.05) is 19.2 Å². The van der Waals surface area contributed by atoms with Crippen molar-refractivity contribution >= 4 is 5.91 Å². The molecule has 0 aliphatic carbocycles. The number of ether oxygens (including phenoxy) is 1. The van der Waals surface area contributed by atoms with Crippen LogP contribution in [-0.4, -0.2) is 37.2 Å². The molecule has 19 heavy (non-hydrogen) atoms. The second-order valence-electron chi connectivity index (χ2n) is 6.40. The maximum absolute atomic E-state index is 11.9. The Labute approximate surface area is 117 Å². The van der Waals surface area contributed by atoms with Crippen LogP contribution >= 0.6 is 0 Å². The van der Waals surface area contributed by atoms with Crippen LogP contribution in [0.5, 0.6) is 0 Å². The summed E-state index contributed by atoms with van der Waals surface area (Å²) >= 11 is 0. The van der Waals surface area contributed by atoms with Crippen molar-refractivity contribution in [2.24, 2.45) is 11.8 Å². The number of hydrogen-bond acceptors (Lipinski definition) is 3. The first kappa shape index (κ1) is 16.4. The Balaban J connectivity index is 2.34. The molecule has 1 amide bonds. The van der Waals surface area contributed by atoms with E-state index < -0.39 is 0 Å². The number of amides is 1. The number of rotatable bonds is 6. The molecule has 3 unspecified atom stereocenters. The monoisotopic (exact) mass is 270 g/mol. The molecule has 0 aromatic heterocycles. The molecule has 4 nitrogen and oxygen atoms in total. The van der Waals surface area contributed by atoms with Crippen LogP contribution < -0.4 is 10.6 Å². The van der Waals surface area contributed by atoms with Gasteiger partial charge in [-0.2, -0.15) is 0 Å². The molecular formula is C15H30N2O2. The minimum Gasteiger partial charge on any atom is -0.378 e. The summed E-state index contributed by atoms with van der Waals surface area (Å²) in [6.07, 6.45) is 2.31. The highest BCUT2D eigenvalue weighted by Gasteiger charge is 2.26. The van der Waals surface area contributed by atoms with E-state index in [1.165, 1.54) is 0 Å². The van der Waals surface area contributed by atoms with Gasteiger partial charge in [0.15, 0.2) is 0 Å². The smallest absolute Gasteiger partial charge is 0.236 e. The van der Waals surface area contributed by atoms with Gasteiger partial charge in [-0.05, 0) is 31.6 Å². The normalized spacial score (nSPS) is 25.6. The molecule has 2 N–H and O–H groups in total. The van der Waals surface area contributed by atoms with Crippen LogP contribution in [0.4, 0.5) is 0 Å². The standard InChI is InChI=1S/C15H30N2O2/c1-10(2)9-16-15(18)12(5)17-13-6-7-19-14(8-13)11(3)4/h10-14,17H,6-9H2,1-5H3,(H,16,18). The lowest BCUT2D eigenvalue weighted by atomic mass is 9.95. The molecule has 1 saturated heterocycles. The zero-order chi connectivity index (χ0) is 14.4. The van der Waals surface area contributed by atoms with Gasteiger partial charge in [0.1, 0.15) is 0 Å². The third-order valence-corrected chi connectivity index (χ3v) is 3.62. The molecule has 3 atom stereocenters. The minimum atomic E-state index is -0.130. The van der Waals surface area contributed by atoms with Gasteiger partial charge in [0.25, 0.3) is 0 Å².